The molecule has 2 aromatic heterocycles. The number of aromatic nitrogens is 4. The molecule has 0 spiro atoms. The van der Waals surface area contributed by atoms with E-state index in [1.54, 1.807) is 0 Å². The second-order valence-electron chi connectivity index (χ2n) is 5.04. The van der Waals surface area contributed by atoms with Crippen LogP contribution in [0.2, 0.25) is 4.34 Å². The average Bonchev–Trinajstić information content (AvgIpc) is 3.11. The van der Waals surface area contributed by atoms with E-state index in [0.717, 1.165) is 27.2 Å². The number of rotatable bonds is 7. The normalized spacial score (nSPS) is 14.3. The Bertz CT molecular complexity index is 654. The molecule has 0 N–H and O–H groups in total. The average molecular weight is 358 g/mol. The molecule has 9 heteroatoms. The van der Waals surface area contributed by atoms with E-state index in [2.05, 4.69) is 15.5 Å². The largest absolute Gasteiger partial charge is 0.337 e. The zero-order valence-corrected chi connectivity index (χ0v) is 14.5. The van der Waals surface area contributed by atoms with Crippen LogP contribution in [0.3, 0.4) is 0 Å². The number of halogens is 1. The molecule has 1 amide bonds. The number of thiophene rings is 1. The lowest BCUT2D eigenvalue weighted by molar-refractivity contribution is -0.128. The van der Waals surface area contributed by atoms with Crippen molar-refractivity contribution in [2.75, 3.05) is 12.3 Å². The zero-order chi connectivity index (χ0) is 15.5. The predicted molar refractivity (Wildman–Crippen MR) is 87.2 cm³/mol. The summed E-state index contributed by atoms with van der Waals surface area (Å²) in [5.74, 6) is 0.433. The number of carbonyl (C=O) groups is 1. The third-order valence-electron chi connectivity index (χ3n) is 3.39. The Balaban J connectivity index is 1.56. The van der Waals surface area contributed by atoms with Gasteiger partial charge >= 0.3 is 0 Å². The monoisotopic (exact) mass is 357 g/mol. The van der Waals surface area contributed by atoms with Crippen LogP contribution >= 0.6 is 34.7 Å². The van der Waals surface area contributed by atoms with Crippen molar-refractivity contribution in [3.8, 4) is 0 Å². The molecular weight excluding hydrogens is 342 g/mol. The molecule has 6 nitrogen and oxygen atoms in total. The maximum atomic E-state index is 12.4. The highest BCUT2D eigenvalue weighted by Crippen LogP contribution is 2.36. The van der Waals surface area contributed by atoms with E-state index in [-0.39, 0.29) is 5.91 Å². The first kappa shape index (κ1) is 15.8. The molecule has 0 bridgehead atoms. The number of nitrogens with zero attached hydrogens (tertiary/aromatic N) is 5. The van der Waals surface area contributed by atoms with Gasteiger partial charge in [-0.3, -0.25) is 4.79 Å². The van der Waals surface area contributed by atoms with Gasteiger partial charge in [-0.2, -0.15) is 0 Å². The van der Waals surface area contributed by atoms with Crippen molar-refractivity contribution in [1.82, 2.24) is 25.1 Å². The first-order valence-corrected chi connectivity index (χ1v) is 9.28. The van der Waals surface area contributed by atoms with E-state index in [1.165, 1.54) is 23.1 Å². The summed E-state index contributed by atoms with van der Waals surface area (Å²) in [7, 11) is 0. The molecule has 1 saturated carbocycles. The van der Waals surface area contributed by atoms with Crippen molar-refractivity contribution < 1.29 is 4.79 Å². The van der Waals surface area contributed by atoms with Crippen LogP contribution in [0.15, 0.2) is 17.3 Å². The van der Waals surface area contributed by atoms with Crippen LogP contribution in [0.5, 0.6) is 0 Å². The van der Waals surface area contributed by atoms with Gasteiger partial charge in [0.25, 0.3) is 0 Å². The van der Waals surface area contributed by atoms with Crippen molar-refractivity contribution in [3.63, 3.8) is 0 Å². The zero-order valence-electron chi connectivity index (χ0n) is 12.1. The van der Waals surface area contributed by atoms with E-state index in [0.29, 0.717) is 24.9 Å². The Morgan fingerprint density at radius 1 is 1.55 bits per heavy atom. The highest BCUT2D eigenvalue weighted by atomic mass is 35.5. The van der Waals surface area contributed by atoms with Gasteiger partial charge in [0.1, 0.15) is 0 Å². The summed E-state index contributed by atoms with van der Waals surface area (Å²) in [6, 6.07) is 4.24. The quantitative estimate of drug-likeness (QED) is 0.713. The lowest BCUT2D eigenvalue weighted by Gasteiger charge is -2.19. The topological polar surface area (TPSA) is 63.9 Å². The molecule has 22 heavy (non-hydrogen) atoms. The van der Waals surface area contributed by atoms with Gasteiger partial charge in [0.15, 0.2) is 0 Å². The summed E-state index contributed by atoms with van der Waals surface area (Å²) in [5.41, 5.74) is 0. The van der Waals surface area contributed by atoms with E-state index in [9.17, 15) is 4.79 Å². The van der Waals surface area contributed by atoms with Crippen LogP contribution < -0.4 is 0 Å². The Kier molecular flexibility index (Phi) is 5.00. The van der Waals surface area contributed by atoms with Crippen molar-refractivity contribution in [3.05, 3.63) is 21.3 Å². The maximum Gasteiger partial charge on any atom is 0.233 e. The van der Waals surface area contributed by atoms with Gasteiger partial charge < -0.3 is 4.90 Å². The lowest BCUT2D eigenvalue weighted by Crippen LogP contribution is -2.31. The summed E-state index contributed by atoms with van der Waals surface area (Å²) in [6.07, 6.45) is 2.24. The molecular formula is C13H16ClN5OS2. The predicted octanol–water partition coefficient (Wildman–Crippen LogP) is 2.86. The van der Waals surface area contributed by atoms with E-state index < -0.39 is 0 Å². The van der Waals surface area contributed by atoms with Crippen LogP contribution in [-0.4, -0.2) is 43.3 Å². The number of hydrogen-bond acceptors (Lipinski definition) is 6. The van der Waals surface area contributed by atoms with Crippen LogP contribution in [0, 0.1) is 0 Å². The Morgan fingerprint density at radius 3 is 3.00 bits per heavy atom. The molecule has 0 unspecified atom stereocenters. The highest BCUT2D eigenvalue weighted by molar-refractivity contribution is 7.99. The molecule has 1 fully saturated rings. The molecule has 0 saturated heterocycles. The fourth-order valence-electron chi connectivity index (χ4n) is 2.05. The Hall–Kier alpha value is -1.12. The van der Waals surface area contributed by atoms with Gasteiger partial charge in [0, 0.05) is 11.4 Å². The molecule has 0 radical (unpaired) electrons. The van der Waals surface area contributed by atoms with Gasteiger partial charge in [-0.1, -0.05) is 23.4 Å². The fourth-order valence-corrected chi connectivity index (χ4v) is 4.00. The molecule has 0 aliphatic heterocycles. The Morgan fingerprint density at radius 2 is 2.36 bits per heavy atom. The molecule has 3 rings (SSSR count). The standard InChI is InChI=1S/C13H16ClN5OS2/c1-2-18(7-10-5-6-11(14)22-10)12(20)8-21-13-15-16-17-19(13)9-3-4-9/h5-6,9H,2-4,7-8H2,1H3. The minimum atomic E-state index is 0.0855. The molecule has 0 aromatic carbocycles. The summed E-state index contributed by atoms with van der Waals surface area (Å²) in [5, 5.41) is 12.4. The van der Waals surface area contributed by atoms with E-state index in [1.807, 2.05) is 28.6 Å². The number of thioether (sulfide) groups is 1. The van der Waals surface area contributed by atoms with Crippen LogP contribution in [0.1, 0.15) is 30.7 Å². The lowest BCUT2D eigenvalue weighted by atomic mass is 10.4. The van der Waals surface area contributed by atoms with Gasteiger partial charge in [0.2, 0.25) is 11.1 Å². The summed E-state index contributed by atoms with van der Waals surface area (Å²) in [6.45, 7) is 3.25. The van der Waals surface area contributed by atoms with E-state index >= 15 is 0 Å². The van der Waals surface area contributed by atoms with Crippen molar-refractivity contribution in [2.24, 2.45) is 0 Å². The third kappa shape index (κ3) is 3.80. The SMILES string of the molecule is CCN(Cc1ccc(Cl)s1)C(=O)CSc1nnnn1C1CC1. The van der Waals surface area contributed by atoms with E-state index in [4.69, 9.17) is 11.6 Å². The molecule has 0 atom stereocenters. The molecule has 2 heterocycles. The summed E-state index contributed by atoms with van der Waals surface area (Å²) >= 11 is 8.84. The second-order valence-corrected chi connectivity index (χ2v) is 7.78. The minimum Gasteiger partial charge on any atom is -0.337 e. The minimum absolute atomic E-state index is 0.0855. The van der Waals surface area contributed by atoms with Gasteiger partial charge in [0.05, 0.1) is 22.7 Å². The fraction of sp³-hybridized carbons (Fsp3) is 0.538. The van der Waals surface area contributed by atoms with Gasteiger partial charge in [-0.25, -0.2) is 4.68 Å². The number of amides is 1. The van der Waals surface area contributed by atoms with Gasteiger partial charge in [-0.15, -0.1) is 16.4 Å². The molecule has 2 aromatic rings. The van der Waals surface area contributed by atoms with Crippen molar-refractivity contribution >= 4 is 40.6 Å². The highest BCUT2D eigenvalue weighted by Gasteiger charge is 2.28. The maximum absolute atomic E-state index is 12.4. The first-order valence-electron chi connectivity index (χ1n) is 7.10. The van der Waals surface area contributed by atoms with Crippen molar-refractivity contribution in [1.29, 1.82) is 0 Å². The summed E-state index contributed by atoms with van der Waals surface area (Å²) in [4.78, 5) is 15.3. The number of hydrogen-bond donors (Lipinski definition) is 0. The Labute approximate surface area is 141 Å². The second kappa shape index (κ2) is 6.97. The molecule has 118 valence electrons. The van der Waals surface area contributed by atoms with Gasteiger partial charge in [-0.05, 0) is 42.3 Å². The smallest absolute Gasteiger partial charge is 0.233 e. The molecule has 1 aliphatic carbocycles. The first-order chi connectivity index (χ1) is 10.7. The van der Waals surface area contributed by atoms with Crippen LogP contribution in [0.4, 0.5) is 0 Å². The number of carbonyl (C=O) groups excluding carboxylic acids is 1. The number of tetrazole rings is 1. The van der Waals surface area contributed by atoms with Crippen LogP contribution in [-0.2, 0) is 11.3 Å². The third-order valence-corrected chi connectivity index (χ3v) is 5.52. The summed E-state index contributed by atoms with van der Waals surface area (Å²) < 4.78 is 2.57. The van der Waals surface area contributed by atoms with Crippen molar-refractivity contribution in [2.45, 2.75) is 37.5 Å². The van der Waals surface area contributed by atoms with Crippen LogP contribution in [0.25, 0.3) is 0 Å². The molecule has 1 aliphatic rings.